The first kappa shape index (κ1) is 22.3. The van der Waals surface area contributed by atoms with Crippen LogP contribution in [0, 0.1) is 11.8 Å². The molecule has 1 saturated heterocycles. The van der Waals surface area contributed by atoms with Crippen LogP contribution < -0.4 is 5.32 Å². The molecule has 1 N–H and O–H groups in total. The molecule has 2 heterocycles. The Labute approximate surface area is 200 Å². The number of rotatable bonds is 7. The maximum atomic E-state index is 13.9. The number of aromatic nitrogens is 3. The van der Waals surface area contributed by atoms with Crippen molar-refractivity contribution in [3.63, 3.8) is 0 Å². The molecular weight excluding hydrogens is 426 g/mol. The van der Waals surface area contributed by atoms with E-state index in [4.69, 9.17) is 0 Å². The van der Waals surface area contributed by atoms with Gasteiger partial charge in [-0.1, -0.05) is 63.1 Å². The Morgan fingerprint density at radius 1 is 0.941 bits per heavy atom. The number of fused-ring (bicyclic) bond motifs is 1. The van der Waals surface area contributed by atoms with Crippen LogP contribution in [0.1, 0.15) is 43.4 Å². The van der Waals surface area contributed by atoms with E-state index in [0.717, 1.165) is 36.9 Å². The molecule has 7 heteroatoms. The summed E-state index contributed by atoms with van der Waals surface area (Å²) in [5.74, 6) is 0.226. The van der Waals surface area contributed by atoms with Gasteiger partial charge in [0, 0.05) is 6.54 Å². The fourth-order valence-electron chi connectivity index (χ4n) is 5.57. The molecule has 2 atom stereocenters. The summed E-state index contributed by atoms with van der Waals surface area (Å²) in [5, 5.41) is 11.5. The van der Waals surface area contributed by atoms with Gasteiger partial charge in [-0.2, -0.15) is 15.0 Å². The Kier molecular flexibility index (Phi) is 6.18. The molecule has 0 spiro atoms. The van der Waals surface area contributed by atoms with E-state index in [1.54, 1.807) is 17.2 Å². The van der Waals surface area contributed by atoms with Gasteiger partial charge in [0.25, 0.3) is 0 Å². The van der Waals surface area contributed by atoms with Crippen molar-refractivity contribution in [1.29, 1.82) is 0 Å². The van der Waals surface area contributed by atoms with Crippen LogP contribution in [-0.4, -0.2) is 43.8 Å². The standard InChI is InChI=1S/C27H31N5O2/c1-3-19(4-2)25-26(33)30-24(22-15-20-7-5-6-8-21(20)16-22)27(34)31(25)17-18-9-11-23(12-10-18)32-28-13-14-29-32/h5-14,19,22,24-25H,3-4,15-17H2,1-2H3,(H,30,33)/t24-,25-/m1/s1. The quantitative estimate of drug-likeness (QED) is 0.590. The highest BCUT2D eigenvalue weighted by Crippen LogP contribution is 2.33. The van der Waals surface area contributed by atoms with Gasteiger partial charge in [-0.15, -0.1) is 0 Å². The molecule has 5 rings (SSSR count). The Hall–Kier alpha value is -3.48. The Morgan fingerprint density at radius 3 is 2.15 bits per heavy atom. The molecule has 34 heavy (non-hydrogen) atoms. The summed E-state index contributed by atoms with van der Waals surface area (Å²) in [5.41, 5.74) is 4.41. The van der Waals surface area contributed by atoms with E-state index in [1.165, 1.54) is 11.1 Å². The lowest BCUT2D eigenvalue weighted by Crippen LogP contribution is -2.66. The first-order valence-corrected chi connectivity index (χ1v) is 12.2. The maximum absolute atomic E-state index is 13.9. The van der Waals surface area contributed by atoms with Crippen LogP contribution in [0.2, 0.25) is 0 Å². The summed E-state index contributed by atoms with van der Waals surface area (Å²) in [6.45, 7) is 4.60. The average Bonchev–Trinajstić information content (AvgIpc) is 3.54. The van der Waals surface area contributed by atoms with Crippen molar-refractivity contribution < 1.29 is 9.59 Å². The van der Waals surface area contributed by atoms with Gasteiger partial charge < -0.3 is 10.2 Å². The van der Waals surface area contributed by atoms with E-state index in [1.807, 2.05) is 41.3 Å². The predicted molar refractivity (Wildman–Crippen MR) is 129 cm³/mol. The number of benzene rings is 2. The van der Waals surface area contributed by atoms with Crippen LogP contribution >= 0.6 is 0 Å². The number of carbonyl (C=O) groups is 2. The SMILES string of the molecule is CCC(CC)[C@@H]1C(=O)N[C@H](C2Cc3ccccc3C2)C(=O)N1Cc1ccc(-n2nccn2)cc1. The predicted octanol–water partition coefficient (Wildman–Crippen LogP) is 3.31. The first-order chi connectivity index (χ1) is 16.6. The molecule has 1 fully saturated rings. The molecule has 176 valence electrons. The van der Waals surface area contributed by atoms with Crippen LogP contribution in [0.3, 0.4) is 0 Å². The molecule has 1 aliphatic heterocycles. The molecule has 2 amide bonds. The van der Waals surface area contributed by atoms with Gasteiger partial charge in [-0.25, -0.2) is 0 Å². The highest BCUT2D eigenvalue weighted by Gasteiger charge is 2.46. The van der Waals surface area contributed by atoms with Gasteiger partial charge in [0.15, 0.2) is 0 Å². The Bertz CT molecular complexity index is 1130. The van der Waals surface area contributed by atoms with Crippen molar-refractivity contribution in [2.24, 2.45) is 11.8 Å². The zero-order chi connectivity index (χ0) is 23.7. The molecule has 0 saturated carbocycles. The minimum absolute atomic E-state index is 0.0217. The average molecular weight is 458 g/mol. The fraction of sp³-hybridized carbons (Fsp3) is 0.407. The van der Waals surface area contributed by atoms with E-state index in [2.05, 4.69) is 41.5 Å². The van der Waals surface area contributed by atoms with Gasteiger partial charge in [-0.05, 0) is 53.5 Å². The van der Waals surface area contributed by atoms with Gasteiger partial charge in [0.1, 0.15) is 12.1 Å². The lowest BCUT2D eigenvalue weighted by Gasteiger charge is -2.43. The summed E-state index contributed by atoms with van der Waals surface area (Å²) in [6, 6.07) is 15.3. The second-order valence-electron chi connectivity index (χ2n) is 9.40. The normalized spacial score (nSPS) is 20.6. The molecule has 3 aromatic rings. The smallest absolute Gasteiger partial charge is 0.246 e. The number of nitrogens with zero attached hydrogens (tertiary/aromatic N) is 4. The monoisotopic (exact) mass is 457 g/mol. The van der Waals surface area contributed by atoms with Crippen LogP contribution in [0.15, 0.2) is 60.9 Å². The van der Waals surface area contributed by atoms with Crippen molar-refractivity contribution in [2.45, 2.75) is 58.2 Å². The summed E-state index contributed by atoms with van der Waals surface area (Å²) < 4.78 is 0. The third-order valence-electron chi connectivity index (χ3n) is 7.44. The minimum atomic E-state index is -0.488. The molecule has 0 bridgehead atoms. The topological polar surface area (TPSA) is 80.1 Å². The number of nitrogens with one attached hydrogen (secondary N) is 1. The lowest BCUT2D eigenvalue weighted by molar-refractivity contribution is -0.154. The van der Waals surface area contributed by atoms with E-state index in [-0.39, 0.29) is 23.7 Å². The van der Waals surface area contributed by atoms with Crippen molar-refractivity contribution in [3.8, 4) is 5.69 Å². The third kappa shape index (κ3) is 4.11. The summed E-state index contributed by atoms with van der Waals surface area (Å²) >= 11 is 0. The molecule has 0 unspecified atom stereocenters. The second kappa shape index (κ2) is 9.41. The van der Waals surface area contributed by atoms with Crippen LogP contribution in [0.25, 0.3) is 5.69 Å². The number of hydrogen-bond donors (Lipinski definition) is 1. The zero-order valence-electron chi connectivity index (χ0n) is 19.7. The Balaban J connectivity index is 1.41. The number of hydrogen-bond acceptors (Lipinski definition) is 4. The lowest BCUT2D eigenvalue weighted by atomic mass is 9.86. The van der Waals surface area contributed by atoms with Gasteiger partial charge in [-0.3, -0.25) is 9.59 Å². The largest absolute Gasteiger partial charge is 0.342 e. The van der Waals surface area contributed by atoms with E-state index in [9.17, 15) is 9.59 Å². The third-order valence-corrected chi connectivity index (χ3v) is 7.44. The van der Waals surface area contributed by atoms with Gasteiger partial charge >= 0.3 is 0 Å². The maximum Gasteiger partial charge on any atom is 0.246 e. The van der Waals surface area contributed by atoms with Crippen molar-refractivity contribution in [2.75, 3.05) is 0 Å². The van der Waals surface area contributed by atoms with Gasteiger partial charge in [0.2, 0.25) is 11.8 Å². The van der Waals surface area contributed by atoms with Gasteiger partial charge in [0.05, 0.1) is 18.1 Å². The molecule has 2 aromatic carbocycles. The van der Waals surface area contributed by atoms with E-state index in [0.29, 0.717) is 6.54 Å². The highest BCUT2D eigenvalue weighted by atomic mass is 16.2. The summed E-state index contributed by atoms with van der Waals surface area (Å²) in [7, 11) is 0. The van der Waals surface area contributed by atoms with Crippen molar-refractivity contribution in [1.82, 2.24) is 25.2 Å². The van der Waals surface area contributed by atoms with Crippen LogP contribution in [0.5, 0.6) is 0 Å². The van der Waals surface area contributed by atoms with E-state index < -0.39 is 12.1 Å². The minimum Gasteiger partial charge on any atom is -0.342 e. The van der Waals surface area contributed by atoms with Crippen molar-refractivity contribution in [3.05, 3.63) is 77.6 Å². The number of carbonyl (C=O) groups excluding carboxylic acids is 2. The summed E-state index contributed by atoms with van der Waals surface area (Å²) in [6.07, 6.45) is 6.62. The van der Waals surface area contributed by atoms with E-state index >= 15 is 0 Å². The molecule has 1 aromatic heterocycles. The zero-order valence-corrected chi connectivity index (χ0v) is 19.7. The first-order valence-electron chi connectivity index (χ1n) is 12.2. The molecule has 7 nitrogen and oxygen atoms in total. The van der Waals surface area contributed by atoms with Crippen molar-refractivity contribution >= 4 is 11.8 Å². The molecular formula is C27H31N5O2. The number of amides is 2. The van der Waals surface area contributed by atoms with Crippen LogP contribution in [-0.2, 0) is 29.0 Å². The van der Waals surface area contributed by atoms with Crippen LogP contribution in [0.4, 0.5) is 0 Å². The summed E-state index contributed by atoms with van der Waals surface area (Å²) in [4.78, 5) is 30.7. The molecule has 1 aliphatic carbocycles. The Morgan fingerprint density at radius 2 is 1.56 bits per heavy atom. The number of piperazine rings is 1. The molecule has 0 radical (unpaired) electrons. The second-order valence-corrected chi connectivity index (χ2v) is 9.40. The fourth-order valence-corrected chi connectivity index (χ4v) is 5.57. The molecule has 2 aliphatic rings. The highest BCUT2D eigenvalue weighted by molar-refractivity contribution is 5.97.